The normalized spacial score (nSPS) is 14.6. The number of benzene rings is 2. The van der Waals surface area contributed by atoms with Gasteiger partial charge in [-0.2, -0.15) is 0 Å². The van der Waals surface area contributed by atoms with Crippen molar-refractivity contribution in [1.82, 2.24) is 9.97 Å². The maximum Gasteiger partial charge on any atom is 0.227 e. The number of aromatic nitrogens is 2. The number of rotatable bonds is 4. The SMILES string of the molecule is Cc1cccc(NC(=O)C2CCN(c3cc(-c4cccc(C)c4)ncn3)CC2)c1. The Morgan fingerprint density at radius 1 is 0.966 bits per heavy atom. The predicted molar refractivity (Wildman–Crippen MR) is 117 cm³/mol. The van der Waals surface area contributed by atoms with Crippen molar-refractivity contribution >= 4 is 17.4 Å². The highest BCUT2D eigenvalue weighted by atomic mass is 16.1. The van der Waals surface area contributed by atoms with E-state index in [-0.39, 0.29) is 11.8 Å². The average molecular weight is 386 g/mol. The third-order valence-electron chi connectivity index (χ3n) is 5.44. The highest BCUT2D eigenvalue weighted by Gasteiger charge is 2.26. The zero-order valence-corrected chi connectivity index (χ0v) is 16.9. The van der Waals surface area contributed by atoms with Gasteiger partial charge >= 0.3 is 0 Å². The molecule has 148 valence electrons. The summed E-state index contributed by atoms with van der Waals surface area (Å²) in [6.45, 7) is 5.74. The van der Waals surface area contributed by atoms with Crippen molar-refractivity contribution in [3.05, 3.63) is 72.1 Å². The van der Waals surface area contributed by atoms with Crippen LogP contribution < -0.4 is 10.2 Å². The van der Waals surface area contributed by atoms with E-state index in [1.807, 2.05) is 43.3 Å². The van der Waals surface area contributed by atoms with Crippen LogP contribution in [-0.4, -0.2) is 29.0 Å². The molecule has 1 amide bonds. The van der Waals surface area contributed by atoms with Gasteiger partial charge in [0.15, 0.2) is 0 Å². The first kappa shape index (κ1) is 19.1. The van der Waals surface area contributed by atoms with Gasteiger partial charge in [0, 0.05) is 36.3 Å². The number of nitrogens with zero attached hydrogens (tertiary/aromatic N) is 3. The van der Waals surface area contributed by atoms with Gasteiger partial charge in [-0.15, -0.1) is 0 Å². The molecule has 1 aliphatic heterocycles. The van der Waals surface area contributed by atoms with Crippen molar-refractivity contribution in [1.29, 1.82) is 0 Å². The zero-order chi connectivity index (χ0) is 20.2. The third-order valence-corrected chi connectivity index (χ3v) is 5.44. The van der Waals surface area contributed by atoms with Crippen LogP contribution in [-0.2, 0) is 4.79 Å². The van der Waals surface area contributed by atoms with E-state index < -0.39 is 0 Å². The van der Waals surface area contributed by atoms with Crippen LogP contribution in [0.4, 0.5) is 11.5 Å². The van der Waals surface area contributed by atoms with E-state index in [1.165, 1.54) is 5.56 Å². The molecule has 5 heteroatoms. The summed E-state index contributed by atoms with van der Waals surface area (Å²) in [5, 5.41) is 3.06. The second kappa shape index (κ2) is 8.43. The van der Waals surface area contributed by atoms with Crippen LogP contribution in [0, 0.1) is 19.8 Å². The standard InChI is InChI=1S/C24H26N4O/c1-17-5-3-7-20(13-17)22-15-23(26-16-25-22)28-11-9-19(10-12-28)24(29)27-21-8-4-6-18(2)14-21/h3-8,13-16,19H,9-12H2,1-2H3,(H,27,29). The molecular weight excluding hydrogens is 360 g/mol. The fourth-order valence-corrected chi connectivity index (χ4v) is 3.82. The number of carbonyl (C=O) groups is 1. The van der Waals surface area contributed by atoms with Gasteiger partial charge in [-0.3, -0.25) is 4.79 Å². The van der Waals surface area contributed by atoms with Gasteiger partial charge in [0.2, 0.25) is 5.91 Å². The Kier molecular flexibility index (Phi) is 5.56. The topological polar surface area (TPSA) is 58.1 Å². The van der Waals surface area contributed by atoms with Gasteiger partial charge < -0.3 is 10.2 Å². The van der Waals surface area contributed by atoms with E-state index in [0.29, 0.717) is 0 Å². The molecule has 0 atom stereocenters. The van der Waals surface area contributed by atoms with Crippen molar-refractivity contribution in [2.24, 2.45) is 5.92 Å². The van der Waals surface area contributed by atoms with E-state index in [2.05, 4.69) is 45.3 Å². The molecule has 2 heterocycles. The lowest BCUT2D eigenvalue weighted by molar-refractivity contribution is -0.120. The van der Waals surface area contributed by atoms with Gasteiger partial charge in [-0.1, -0.05) is 35.9 Å². The minimum atomic E-state index is 0.0323. The maximum absolute atomic E-state index is 12.6. The van der Waals surface area contributed by atoms with E-state index in [1.54, 1.807) is 6.33 Å². The van der Waals surface area contributed by atoms with E-state index in [9.17, 15) is 4.79 Å². The summed E-state index contributed by atoms with van der Waals surface area (Å²) in [6, 6.07) is 18.3. The quantitative estimate of drug-likeness (QED) is 0.711. The molecule has 3 aromatic rings. The summed E-state index contributed by atoms with van der Waals surface area (Å²) in [5.41, 5.74) is 5.25. The molecule has 1 N–H and O–H groups in total. The minimum Gasteiger partial charge on any atom is -0.356 e. The highest BCUT2D eigenvalue weighted by molar-refractivity contribution is 5.92. The Hall–Kier alpha value is -3.21. The van der Waals surface area contributed by atoms with Crippen molar-refractivity contribution in [3.8, 4) is 11.3 Å². The van der Waals surface area contributed by atoms with Gasteiger partial charge in [0.25, 0.3) is 0 Å². The molecule has 1 fully saturated rings. The summed E-state index contributed by atoms with van der Waals surface area (Å²) < 4.78 is 0. The van der Waals surface area contributed by atoms with Gasteiger partial charge in [0.05, 0.1) is 5.69 Å². The second-order valence-corrected chi connectivity index (χ2v) is 7.75. The fourth-order valence-electron chi connectivity index (χ4n) is 3.82. The molecule has 5 nitrogen and oxygen atoms in total. The maximum atomic E-state index is 12.6. The van der Waals surface area contributed by atoms with Crippen LogP contribution in [0.25, 0.3) is 11.3 Å². The second-order valence-electron chi connectivity index (χ2n) is 7.75. The first-order valence-electron chi connectivity index (χ1n) is 10.1. The first-order chi connectivity index (χ1) is 14.1. The first-order valence-corrected chi connectivity index (χ1v) is 10.1. The molecular formula is C24H26N4O. The Bertz CT molecular complexity index is 1010. The van der Waals surface area contributed by atoms with E-state index in [0.717, 1.165) is 54.3 Å². The van der Waals surface area contributed by atoms with Crippen LogP contribution in [0.3, 0.4) is 0 Å². The summed E-state index contributed by atoms with van der Waals surface area (Å²) in [4.78, 5) is 23.8. The van der Waals surface area contributed by atoms with Gasteiger partial charge in [-0.25, -0.2) is 9.97 Å². The van der Waals surface area contributed by atoms with Crippen molar-refractivity contribution in [2.45, 2.75) is 26.7 Å². The lowest BCUT2D eigenvalue weighted by atomic mass is 9.95. The van der Waals surface area contributed by atoms with Crippen molar-refractivity contribution in [2.75, 3.05) is 23.3 Å². The molecule has 0 spiro atoms. The van der Waals surface area contributed by atoms with Gasteiger partial charge in [0.1, 0.15) is 12.1 Å². The molecule has 0 aliphatic carbocycles. The van der Waals surface area contributed by atoms with Crippen molar-refractivity contribution < 1.29 is 4.79 Å². The molecule has 1 aromatic heterocycles. The summed E-state index contributed by atoms with van der Waals surface area (Å²) in [7, 11) is 0. The highest BCUT2D eigenvalue weighted by Crippen LogP contribution is 2.26. The Morgan fingerprint density at radius 3 is 2.41 bits per heavy atom. The molecule has 2 aromatic carbocycles. The number of aryl methyl sites for hydroxylation is 2. The van der Waals surface area contributed by atoms with Crippen LogP contribution in [0.1, 0.15) is 24.0 Å². The number of amides is 1. The summed E-state index contributed by atoms with van der Waals surface area (Å²) >= 11 is 0. The van der Waals surface area contributed by atoms with Crippen LogP contribution >= 0.6 is 0 Å². The summed E-state index contributed by atoms with van der Waals surface area (Å²) in [6.07, 6.45) is 3.27. The Morgan fingerprint density at radius 2 is 1.69 bits per heavy atom. The zero-order valence-electron chi connectivity index (χ0n) is 16.9. The predicted octanol–water partition coefficient (Wildman–Crippen LogP) is 4.62. The lowest BCUT2D eigenvalue weighted by Crippen LogP contribution is -2.38. The lowest BCUT2D eigenvalue weighted by Gasteiger charge is -2.32. The molecule has 1 aliphatic rings. The number of hydrogen-bond acceptors (Lipinski definition) is 4. The molecule has 4 rings (SSSR count). The van der Waals surface area contributed by atoms with Crippen LogP contribution in [0.2, 0.25) is 0 Å². The van der Waals surface area contributed by atoms with Gasteiger partial charge in [-0.05, 0) is 50.5 Å². The largest absolute Gasteiger partial charge is 0.356 e. The molecule has 0 unspecified atom stereocenters. The number of hydrogen-bond donors (Lipinski definition) is 1. The summed E-state index contributed by atoms with van der Waals surface area (Å²) in [5.74, 6) is 1.07. The fraction of sp³-hybridized carbons (Fsp3) is 0.292. The average Bonchev–Trinajstić information content (AvgIpc) is 2.74. The molecule has 29 heavy (non-hydrogen) atoms. The number of anilines is 2. The Labute approximate surface area is 171 Å². The number of nitrogens with one attached hydrogen (secondary N) is 1. The minimum absolute atomic E-state index is 0.0323. The van der Waals surface area contributed by atoms with E-state index in [4.69, 9.17) is 0 Å². The molecule has 0 radical (unpaired) electrons. The smallest absolute Gasteiger partial charge is 0.227 e. The van der Waals surface area contributed by atoms with Crippen molar-refractivity contribution in [3.63, 3.8) is 0 Å². The van der Waals surface area contributed by atoms with Crippen LogP contribution in [0.5, 0.6) is 0 Å². The molecule has 0 bridgehead atoms. The number of carbonyl (C=O) groups excluding carboxylic acids is 1. The molecule has 1 saturated heterocycles. The third kappa shape index (κ3) is 4.62. The number of piperidine rings is 1. The monoisotopic (exact) mass is 386 g/mol. The van der Waals surface area contributed by atoms with Crippen LogP contribution in [0.15, 0.2) is 60.9 Å². The van der Waals surface area contributed by atoms with E-state index >= 15 is 0 Å². The molecule has 0 saturated carbocycles. The Balaban J connectivity index is 1.39.